The monoisotopic (exact) mass is 380 g/mol. The van der Waals surface area contributed by atoms with Crippen LogP contribution in [0.1, 0.15) is 23.7 Å². The van der Waals surface area contributed by atoms with Crippen LogP contribution in [0, 0.1) is 5.92 Å². The fourth-order valence-electron chi connectivity index (χ4n) is 3.23. The molecule has 1 aromatic rings. The fraction of sp³-hybridized carbons (Fsp3) is 0.529. The van der Waals surface area contributed by atoms with Gasteiger partial charge in [-0.1, -0.05) is 6.92 Å². The number of nitrogens with one attached hydrogen (secondary N) is 3. The van der Waals surface area contributed by atoms with Crippen molar-refractivity contribution in [3.05, 3.63) is 29.8 Å². The molecule has 0 spiro atoms. The molecule has 3 N–H and O–H groups in total. The summed E-state index contributed by atoms with van der Waals surface area (Å²) in [5, 5.41) is 8.90. The van der Waals surface area contributed by atoms with Gasteiger partial charge < -0.3 is 16.0 Å². The van der Waals surface area contributed by atoms with Crippen LogP contribution in [-0.4, -0.2) is 63.3 Å². The average Bonchev–Trinajstić information content (AvgIpc) is 2.63. The first-order valence-corrected chi connectivity index (χ1v) is 10.2. The Bertz CT molecular complexity index is 778. The number of nitrogens with zero attached hydrogens (tertiary/aromatic N) is 1. The topological polar surface area (TPSA) is 108 Å². The van der Waals surface area contributed by atoms with E-state index in [2.05, 4.69) is 22.9 Å². The van der Waals surface area contributed by atoms with E-state index in [1.807, 2.05) is 0 Å². The molecule has 9 heteroatoms. The van der Waals surface area contributed by atoms with Crippen LogP contribution in [-0.2, 0) is 14.8 Å². The predicted octanol–water partition coefficient (Wildman–Crippen LogP) is -0.465. The molecule has 0 bridgehead atoms. The van der Waals surface area contributed by atoms with Crippen molar-refractivity contribution in [3.8, 4) is 0 Å². The number of hydrogen-bond donors (Lipinski definition) is 3. The summed E-state index contributed by atoms with van der Waals surface area (Å²) in [6.45, 7) is 4.18. The number of rotatable bonds is 4. The van der Waals surface area contributed by atoms with Crippen LogP contribution in [0.15, 0.2) is 29.2 Å². The van der Waals surface area contributed by atoms with Gasteiger partial charge in [-0.15, -0.1) is 0 Å². The van der Waals surface area contributed by atoms with E-state index < -0.39 is 10.0 Å². The quantitative estimate of drug-likeness (QED) is 0.655. The molecule has 2 aliphatic heterocycles. The van der Waals surface area contributed by atoms with Gasteiger partial charge in [-0.2, -0.15) is 4.31 Å². The summed E-state index contributed by atoms with van der Waals surface area (Å²) < 4.78 is 26.4. The van der Waals surface area contributed by atoms with Crippen molar-refractivity contribution in [1.82, 2.24) is 20.3 Å². The maximum Gasteiger partial charge on any atom is 0.251 e. The van der Waals surface area contributed by atoms with E-state index in [1.165, 1.54) is 24.3 Å². The molecule has 1 aromatic carbocycles. The predicted molar refractivity (Wildman–Crippen MR) is 96.1 cm³/mol. The highest BCUT2D eigenvalue weighted by atomic mass is 32.2. The van der Waals surface area contributed by atoms with Crippen LogP contribution in [0.3, 0.4) is 0 Å². The number of piperazine rings is 1. The third-order valence-corrected chi connectivity index (χ3v) is 6.72. The Morgan fingerprint density at radius 1 is 1.23 bits per heavy atom. The van der Waals surface area contributed by atoms with Gasteiger partial charge in [0.05, 0.1) is 11.4 Å². The number of sulfonamides is 1. The number of piperidine rings is 1. The van der Waals surface area contributed by atoms with Gasteiger partial charge in [-0.25, -0.2) is 8.42 Å². The normalized spacial score (nSPS) is 24.7. The van der Waals surface area contributed by atoms with E-state index >= 15 is 0 Å². The van der Waals surface area contributed by atoms with Crippen LogP contribution in [0.5, 0.6) is 0 Å². The summed E-state index contributed by atoms with van der Waals surface area (Å²) in [5.74, 6) is -0.172. The van der Waals surface area contributed by atoms with Crippen molar-refractivity contribution in [2.75, 3.05) is 32.7 Å². The number of benzene rings is 1. The summed E-state index contributed by atoms with van der Waals surface area (Å²) in [7, 11) is -3.74. The zero-order valence-electron chi connectivity index (χ0n) is 14.7. The lowest BCUT2D eigenvalue weighted by Gasteiger charge is -2.30. The summed E-state index contributed by atoms with van der Waals surface area (Å²) in [4.78, 5) is 23.9. The first-order valence-electron chi connectivity index (χ1n) is 8.76. The van der Waals surface area contributed by atoms with E-state index in [0.29, 0.717) is 18.0 Å². The summed E-state index contributed by atoms with van der Waals surface area (Å²) in [6.07, 6.45) is 0.871. The minimum atomic E-state index is -3.74. The summed E-state index contributed by atoms with van der Waals surface area (Å²) >= 11 is 0. The maximum atomic E-state index is 12.6. The lowest BCUT2D eigenvalue weighted by Crippen LogP contribution is -2.49. The zero-order chi connectivity index (χ0) is 18.7. The number of carbonyl (C=O) groups excluding carboxylic acids is 2. The summed E-state index contributed by atoms with van der Waals surface area (Å²) in [6, 6.07) is 5.97. The summed E-state index contributed by atoms with van der Waals surface area (Å²) in [5.41, 5.74) is 0.422. The van der Waals surface area contributed by atoms with Crippen molar-refractivity contribution >= 4 is 21.8 Å². The molecule has 2 aliphatic rings. The van der Waals surface area contributed by atoms with Crippen LogP contribution in [0.25, 0.3) is 0 Å². The van der Waals surface area contributed by atoms with Crippen molar-refractivity contribution in [2.24, 2.45) is 5.92 Å². The van der Waals surface area contributed by atoms with Crippen LogP contribution >= 0.6 is 0 Å². The minimum Gasteiger partial charge on any atom is -0.354 e. The fourth-order valence-corrected chi connectivity index (χ4v) is 4.62. The molecule has 8 nitrogen and oxygen atoms in total. The van der Waals surface area contributed by atoms with Gasteiger partial charge in [-0.3, -0.25) is 9.59 Å². The molecule has 0 saturated carbocycles. The SMILES string of the molecule is CC1CNCCC1NC(=O)c1ccc(S(=O)(=O)N2CCNC(=O)C2)cc1. The molecular formula is C17H24N4O4S. The zero-order valence-corrected chi connectivity index (χ0v) is 15.5. The Kier molecular flexibility index (Phi) is 5.59. The Morgan fingerprint density at radius 2 is 1.96 bits per heavy atom. The third kappa shape index (κ3) is 4.05. The van der Waals surface area contributed by atoms with E-state index in [9.17, 15) is 18.0 Å². The molecule has 2 atom stereocenters. The Balaban J connectivity index is 1.69. The highest BCUT2D eigenvalue weighted by molar-refractivity contribution is 7.89. The molecule has 2 heterocycles. The molecule has 2 amide bonds. The molecule has 2 saturated heterocycles. The third-order valence-electron chi connectivity index (χ3n) is 4.86. The van der Waals surface area contributed by atoms with Crippen molar-refractivity contribution in [3.63, 3.8) is 0 Å². The lowest BCUT2D eigenvalue weighted by molar-refractivity contribution is -0.122. The molecule has 2 fully saturated rings. The lowest BCUT2D eigenvalue weighted by atomic mass is 9.95. The highest BCUT2D eigenvalue weighted by Gasteiger charge is 2.29. The van der Waals surface area contributed by atoms with Crippen LogP contribution in [0.2, 0.25) is 0 Å². The second-order valence-corrected chi connectivity index (χ2v) is 8.70. The number of hydrogen-bond acceptors (Lipinski definition) is 5. The maximum absolute atomic E-state index is 12.6. The molecule has 0 aromatic heterocycles. The minimum absolute atomic E-state index is 0.0824. The van der Waals surface area contributed by atoms with E-state index in [4.69, 9.17) is 0 Å². The molecule has 3 rings (SSSR count). The Labute approximate surface area is 153 Å². The van der Waals surface area contributed by atoms with Crippen molar-refractivity contribution < 1.29 is 18.0 Å². The molecular weight excluding hydrogens is 356 g/mol. The average molecular weight is 380 g/mol. The molecule has 26 heavy (non-hydrogen) atoms. The largest absolute Gasteiger partial charge is 0.354 e. The van der Waals surface area contributed by atoms with E-state index in [1.54, 1.807) is 0 Å². The number of carbonyl (C=O) groups is 2. The number of amides is 2. The Hall–Kier alpha value is -1.97. The Morgan fingerprint density at radius 3 is 2.62 bits per heavy atom. The molecule has 0 radical (unpaired) electrons. The first kappa shape index (κ1) is 18.8. The van der Waals surface area contributed by atoms with Gasteiger partial charge in [0.25, 0.3) is 5.91 Å². The molecule has 0 aliphatic carbocycles. The molecule has 142 valence electrons. The second-order valence-electron chi connectivity index (χ2n) is 6.76. The van der Waals surface area contributed by atoms with Crippen molar-refractivity contribution in [1.29, 1.82) is 0 Å². The second kappa shape index (κ2) is 7.73. The van der Waals surface area contributed by atoms with Gasteiger partial charge >= 0.3 is 0 Å². The highest BCUT2D eigenvalue weighted by Crippen LogP contribution is 2.18. The molecule has 2 unspecified atom stereocenters. The van der Waals surface area contributed by atoms with Gasteiger partial charge in [-0.05, 0) is 49.7 Å². The standard InChI is InChI=1S/C17H24N4O4S/c1-12-10-18-7-6-15(12)20-17(23)13-2-4-14(5-3-13)26(24,25)21-9-8-19-16(22)11-21/h2-5,12,15,18H,6-11H2,1H3,(H,19,22)(H,20,23). The van der Waals surface area contributed by atoms with Crippen molar-refractivity contribution in [2.45, 2.75) is 24.3 Å². The first-order chi connectivity index (χ1) is 12.4. The van der Waals surface area contributed by atoms with Crippen LogP contribution < -0.4 is 16.0 Å². The van der Waals surface area contributed by atoms with Gasteiger partial charge in [0.2, 0.25) is 15.9 Å². The van der Waals surface area contributed by atoms with Gasteiger partial charge in [0.1, 0.15) is 0 Å². The van der Waals surface area contributed by atoms with Gasteiger partial charge in [0, 0.05) is 24.7 Å². The van der Waals surface area contributed by atoms with E-state index in [0.717, 1.165) is 23.8 Å². The van der Waals surface area contributed by atoms with Gasteiger partial charge in [0.15, 0.2) is 0 Å². The van der Waals surface area contributed by atoms with Crippen LogP contribution in [0.4, 0.5) is 0 Å². The smallest absolute Gasteiger partial charge is 0.251 e. The van der Waals surface area contributed by atoms with E-state index in [-0.39, 0.29) is 35.8 Å².